The van der Waals surface area contributed by atoms with Crippen LogP contribution in [0.1, 0.15) is 40.1 Å². The monoisotopic (exact) mass is 434 g/mol. The van der Waals surface area contributed by atoms with Crippen molar-refractivity contribution in [3.63, 3.8) is 0 Å². The van der Waals surface area contributed by atoms with Gasteiger partial charge in [0.2, 0.25) is 0 Å². The fourth-order valence-corrected chi connectivity index (χ4v) is 3.63. The molecule has 2 heterocycles. The molecule has 0 spiro atoms. The van der Waals surface area contributed by atoms with E-state index < -0.39 is 24.2 Å². The number of alkyl halides is 3. The lowest BCUT2D eigenvalue weighted by atomic mass is 9.96. The second-order valence-electron chi connectivity index (χ2n) is 7.19. The summed E-state index contributed by atoms with van der Waals surface area (Å²) >= 11 is 6.04. The molecule has 2 aromatic carbocycles. The summed E-state index contributed by atoms with van der Waals surface area (Å²) in [5.41, 5.74) is 1.99. The van der Waals surface area contributed by atoms with Gasteiger partial charge < -0.3 is 10.6 Å². The standard InChI is InChI=1S/C21H18ClF3N4O/c1-12-6-8-13(9-7-12)16-10-18(21(23,24)25)29-19(26-16)11-17(28-29)20(30)27-15-5-3-2-4-14(15)22/h2-9,11,16,18,26H,10H2,1H3,(H,27,30). The molecule has 0 bridgehead atoms. The number of hydrogen-bond acceptors (Lipinski definition) is 3. The molecule has 0 fully saturated rings. The largest absolute Gasteiger partial charge is 0.410 e. The van der Waals surface area contributed by atoms with E-state index in [0.29, 0.717) is 10.7 Å². The number of aryl methyl sites for hydroxylation is 1. The number of rotatable bonds is 3. The van der Waals surface area contributed by atoms with E-state index in [-0.39, 0.29) is 17.9 Å². The van der Waals surface area contributed by atoms with Gasteiger partial charge in [0.05, 0.1) is 16.8 Å². The molecule has 2 unspecified atom stereocenters. The number of amides is 1. The minimum atomic E-state index is -4.51. The molecule has 2 atom stereocenters. The highest BCUT2D eigenvalue weighted by atomic mass is 35.5. The summed E-state index contributed by atoms with van der Waals surface area (Å²) in [7, 11) is 0. The number of hydrogen-bond donors (Lipinski definition) is 2. The van der Waals surface area contributed by atoms with Crippen molar-refractivity contribution in [3.05, 3.63) is 76.4 Å². The summed E-state index contributed by atoms with van der Waals surface area (Å²) < 4.78 is 42.2. The topological polar surface area (TPSA) is 59.0 Å². The Morgan fingerprint density at radius 1 is 1.20 bits per heavy atom. The van der Waals surface area contributed by atoms with Gasteiger partial charge in [0.1, 0.15) is 5.82 Å². The fourth-order valence-electron chi connectivity index (χ4n) is 3.45. The third-order valence-electron chi connectivity index (χ3n) is 5.02. The fraction of sp³-hybridized carbons (Fsp3) is 0.238. The van der Waals surface area contributed by atoms with E-state index in [0.717, 1.165) is 15.8 Å². The van der Waals surface area contributed by atoms with Gasteiger partial charge in [-0.2, -0.15) is 18.3 Å². The summed E-state index contributed by atoms with van der Waals surface area (Å²) in [6.07, 6.45) is -4.74. The van der Waals surface area contributed by atoms with Crippen LogP contribution in [0.3, 0.4) is 0 Å². The highest BCUT2D eigenvalue weighted by Crippen LogP contribution is 2.43. The Bertz CT molecular complexity index is 1080. The highest BCUT2D eigenvalue weighted by molar-refractivity contribution is 6.33. The van der Waals surface area contributed by atoms with Gasteiger partial charge in [-0.05, 0) is 24.6 Å². The normalized spacial score (nSPS) is 18.4. The maximum atomic E-state index is 13.8. The molecule has 30 heavy (non-hydrogen) atoms. The number of para-hydroxylation sites is 1. The third-order valence-corrected chi connectivity index (χ3v) is 5.35. The molecule has 0 saturated carbocycles. The van der Waals surface area contributed by atoms with Crippen molar-refractivity contribution in [3.8, 4) is 0 Å². The van der Waals surface area contributed by atoms with Crippen LogP contribution >= 0.6 is 11.6 Å². The molecule has 156 valence electrons. The number of nitrogens with one attached hydrogen (secondary N) is 2. The Kier molecular flexibility index (Phi) is 5.19. The zero-order chi connectivity index (χ0) is 21.5. The molecule has 5 nitrogen and oxygen atoms in total. The number of anilines is 2. The predicted molar refractivity (Wildman–Crippen MR) is 109 cm³/mol. The van der Waals surface area contributed by atoms with Gasteiger partial charge in [0.25, 0.3) is 5.91 Å². The van der Waals surface area contributed by atoms with Gasteiger partial charge >= 0.3 is 6.18 Å². The second kappa shape index (κ2) is 7.68. The Balaban J connectivity index is 1.65. The van der Waals surface area contributed by atoms with E-state index in [1.54, 1.807) is 36.4 Å². The molecule has 0 aliphatic carbocycles. The van der Waals surface area contributed by atoms with E-state index in [1.165, 1.54) is 6.07 Å². The lowest BCUT2D eigenvalue weighted by Crippen LogP contribution is -2.35. The van der Waals surface area contributed by atoms with Crippen LogP contribution in [0.15, 0.2) is 54.6 Å². The summed E-state index contributed by atoms with van der Waals surface area (Å²) in [6, 6.07) is 12.8. The Labute approximate surface area is 175 Å². The van der Waals surface area contributed by atoms with Crippen molar-refractivity contribution in [1.82, 2.24) is 9.78 Å². The van der Waals surface area contributed by atoms with Crippen LogP contribution in [0.2, 0.25) is 5.02 Å². The molecule has 1 aliphatic heterocycles. The molecule has 2 N–H and O–H groups in total. The molecule has 1 aliphatic rings. The number of carbonyl (C=O) groups excluding carboxylic acids is 1. The third kappa shape index (κ3) is 4.00. The van der Waals surface area contributed by atoms with Crippen LogP contribution < -0.4 is 10.6 Å². The quantitative estimate of drug-likeness (QED) is 0.551. The van der Waals surface area contributed by atoms with Gasteiger partial charge in [-0.15, -0.1) is 0 Å². The number of carbonyl (C=O) groups is 1. The molecule has 4 rings (SSSR count). The summed E-state index contributed by atoms with van der Waals surface area (Å²) in [6.45, 7) is 1.91. The minimum Gasteiger partial charge on any atom is -0.363 e. The van der Waals surface area contributed by atoms with Crippen molar-refractivity contribution in [2.45, 2.75) is 31.6 Å². The molecule has 3 aromatic rings. The van der Waals surface area contributed by atoms with E-state index in [4.69, 9.17) is 11.6 Å². The van der Waals surface area contributed by atoms with E-state index >= 15 is 0 Å². The van der Waals surface area contributed by atoms with E-state index in [9.17, 15) is 18.0 Å². The average Bonchev–Trinajstić information content (AvgIpc) is 3.13. The molecule has 1 amide bonds. The molecule has 1 aromatic heterocycles. The van der Waals surface area contributed by atoms with Gasteiger partial charge in [0.15, 0.2) is 11.7 Å². The summed E-state index contributed by atoms with van der Waals surface area (Å²) in [5.74, 6) is -0.502. The van der Waals surface area contributed by atoms with Crippen molar-refractivity contribution in [2.75, 3.05) is 10.6 Å². The Morgan fingerprint density at radius 2 is 1.90 bits per heavy atom. The van der Waals surface area contributed by atoms with Gasteiger partial charge in [-0.3, -0.25) is 4.79 Å². The predicted octanol–water partition coefficient (Wildman–Crippen LogP) is 5.76. The van der Waals surface area contributed by atoms with Crippen molar-refractivity contribution in [2.24, 2.45) is 0 Å². The van der Waals surface area contributed by atoms with Crippen LogP contribution in [-0.2, 0) is 0 Å². The first kappa shape index (κ1) is 20.3. The van der Waals surface area contributed by atoms with Crippen molar-refractivity contribution < 1.29 is 18.0 Å². The minimum absolute atomic E-state index is 0.128. The Morgan fingerprint density at radius 3 is 2.57 bits per heavy atom. The van der Waals surface area contributed by atoms with Gasteiger partial charge in [-0.25, -0.2) is 4.68 Å². The second-order valence-corrected chi connectivity index (χ2v) is 7.60. The number of benzene rings is 2. The van der Waals surface area contributed by atoms with E-state index in [1.807, 2.05) is 19.1 Å². The first-order valence-corrected chi connectivity index (χ1v) is 9.65. The van der Waals surface area contributed by atoms with Crippen molar-refractivity contribution in [1.29, 1.82) is 0 Å². The average molecular weight is 435 g/mol. The molecular weight excluding hydrogens is 417 g/mol. The molecule has 0 radical (unpaired) electrons. The highest BCUT2D eigenvalue weighted by Gasteiger charge is 2.46. The van der Waals surface area contributed by atoms with Crippen LogP contribution in [-0.4, -0.2) is 21.9 Å². The van der Waals surface area contributed by atoms with Crippen LogP contribution in [0.5, 0.6) is 0 Å². The number of halogens is 4. The van der Waals surface area contributed by atoms with Crippen LogP contribution in [0.4, 0.5) is 24.7 Å². The lowest BCUT2D eigenvalue weighted by molar-refractivity contribution is -0.173. The van der Waals surface area contributed by atoms with Gasteiger partial charge in [0, 0.05) is 12.5 Å². The molecular formula is C21H18ClF3N4O. The molecule has 9 heteroatoms. The zero-order valence-electron chi connectivity index (χ0n) is 15.9. The smallest absolute Gasteiger partial charge is 0.363 e. The van der Waals surface area contributed by atoms with Gasteiger partial charge in [-0.1, -0.05) is 53.6 Å². The number of nitrogens with zero attached hydrogens (tertiary/aromatic N) is 2. The maximum absolute atomic E-state index is 13.8. The zero-order valence-corrected chi connectivity index (χ0v) is 16.6. The number of aromatic nitrogens is 2. The Hall–Kier alpha value is -3.00. The first-order valence-electron chi connectivity index (χ1n) is 9.27. The molecule has 0 saturated heterocycles. The first-order chi connectivity index (χ1) is 14.2. The van der Waals surface area contributed by atoms with Crippen LogP contribution in [0.25, 0.3) is 0 Å². The maximum Gasteiger partial charge on any atom is 0.410 e. The van der Waals surface area contributed by atoms with Crippen LogP contribution in [0, 0.1) is 6.92 Å². The SMILES string of the molecule is Cc1ccc(C2CC(C(F)(F)F)n3nc(C(=O)Nc4ccccc4Cl)cc3N2)cc1. The van der Waals surface area contributed by atoms with Crippen molar-refractivity contribution >= 4 is 29.0 Å². The van der Waals surface area contributed by atoms with E-state index in [2.05, 4.69) is 15.7 Å². The number of fused-ring (bicyclic) bond motifs is 1. The lowest BCUT2D eigenvalue weighted by Gasteiger charge is -2.33. The summed E-state index contributed by atoms with van der Waals surface area (Å²) in [5, 5.41) is 9.93. The summed E-state index contributed by atoms with van der Waals surface area (Å²) in [4.78, 5) is 12.6.